The molecule has 1 aromatic carbocycles. The molecule has 16 heavy (non-hydrogen) atoms. The van der Waals surface area contributed by atoms with E-state index in [-0.39, 0.29) is 0 Å². The third-order valence-corrected chi connectivity index (χ3v) is 4.85. The van der Waals surface area contributed by atoms with Crippen LogP contribution < -0.4 is 5.73 Å². The van der Waals surface area contributed by atoms with Gasteiger partial charge in [0.2, 0.25) is 0 Å². The first-order valence-corrected chi connectivity index (χ1v) is 6.46. The van der Waals surface area contributed by atoms with Gasteiger partial charge in [-0.05, 0) is 47.6 Å². The van der Waals surface area contributed by atoms with Crippen molar-refractivity contribution in [2.24, 2.45) is 17.1 Å². The second-order valence-electron chi connectivity index (χ2n) is 6.07. The minimum atomic E-state index is 0.356. The van der Waals surface area contributed by atoms with Crippen LogP contribution in [0.3, 0.4) is 0 Å². The van der Waals surface area contributed by atoms with Crippen LogP contribution in [-0.2, 0) is 6.42 Å². The van der Waals surface area contributed by atoms with Crippen molar-refractivity contribution < 1.29 is 0 Å². The lowest BCUT2D eigenvalue weighted by Crippen LogP contribution is -2.15. The van der Waals surface area contributed by atoms with Gasteiger partial charge in [0, 0.05) is 6.04 Å². The molecule has 86 valence electrons. The first kappa shape index (κ1) is 10.3. The highest BCUT2D eigenvalue weighted by atomic mass is 14.8. The van der Waals surface area contributed by atoms with Crippen LogP contribution in [0, 0.1) is 11.3 Å². The largest absolute Gasteiger partial charge is 0.327 e. The smallest absolute Gasteiger partial charge is 0.0134 e. The van der Waals surface area contributed by atoms with Crippen molar-refractivity contribution >= 4 is 0 Å². The third kappa shape index (κ3) is 1.34. The Kier molecular flexibility index (Phi) is 2.16. The SMILES string of the molecule is CC1(C)[C@@H](N)[C@@H]1C1CCCc2ccccc21. The second kappa shape index (κ2) is 3.33. The Morgan fingerprint density at radius 2 is 1.94 bits per heavy atom. The molecule has 0 saturated heterocycles. The maximum absolute atomic E-state index is 6.23. The molecule has 1 aromatic rings. The summed E-state index contributed by atoms with van der Waals surface area (Å²) in [5, 5.41) is 0. The van der Waals surface area contributed by atoms with Crippen LogP contribution in [0.4, 0.5) is 0 Å². The first-order valence-electron chi connectivity index (χ1n) is 6.46. The third-order valence-electron chi connectivity index (χ3n) is 4.85. The summed E-state index contributed by atoms with van der Waals surface area (Å²) >= 11 is 0. The summed E-state index contributed by atoms with van der Waals surface area (Å²) in [7, 11) is 0. The van der Waals surface area contributed by atoms with Crippen LogP contribution in [0.2, 0.25) is 0 Å². The second-order valence-corrected chi connectivity index (χ2v) is 6.07. The van der Waals surface area contributed by atoms with Crippen LogP contribution in [0.1, 0.15) is 43.7 Å². The number of fused-ring (bicyclic) bond motifs is 1. The van der Waals surface area contributed by atoms with Crippen molar-refractivity contribution in [2.45, 2.75) is 45.1 Å². The molecule has 1 nitrogen and oxygen atoms in total. The summed E-state index contributed by atoms with van der Waals surface area (Å²) in [6.07, 6.45) is 3.93. The molecule has 3 rings (SSSR count). The average Bonchev–Trinajstić information content (AvgIpc) is 2.77. The number of benzene rings is 1. The molecular formula is C15H21N. The van der Waals surface area contributed by atoms with Crippen LogP contribution >= 0.6 is 0 Å². The van der Waals surface area contributed by atoms with Gasteiger partial charge in [0.1, 0.15) is 0 Å². The predicted molar refractivity (Wildman–Crippen MR) is 67.4 cm³/mol. The highest BCUT2D eigenvalue weighted by Gasteiger charge is 2.59. The minimum absolute atomic E-state index is 0.356. The van der Waals surface area contributed by atoms with Gasteiger partial charge in [0.25, 0.3) is 0 Å². The molecule has 1 fully saturated rings. The fourth-order valence-electron chi connectivity index (χ4n) is 3.65. The molecule has 2 aliphatic carbocycles. The van der Waals surface area contributed by atoms with E-state index in [4.69, 9.17) is 5.73 Å². The van der Waals surface area contributed by atoms with E-state index in [1.807, 2.05) is 0 Å². The number of aryl methyl sites for hydroxylation is 1. The summed E-state index contributed by atoms with van der Waals surface area (Å²) in [6.45, 7) is 4.64. The number of rotatable bonds is 1. The van der Waals surface area contributed by atoms with Crippen LogP contribution in [0.5, 0.6) is 0 Å². The molecule has 2 N–H and O–H groups in total. The van der Waals surface area contributed by atoms with Crippen molar-refractivity contribution in [1.29, 1.82) is 0 Å². The van der Waals surface area contributed by atoms with E-state index in [1.165, 1.54) is 19.3 Å². The zero-order chi connectivity index (χ0) is 11.3. The monoisotopic (exact) mass is 215 g/mol. The van der Waals surface area contributed by atoms with Gasteiger partial charge in [0.05, 0.1) is 0 Å². The normalized spacial score (nSPS) is 35.6. The Morgan fingerprint density at radius 1 is 1.25 bits per heavy atom. The Bertz CT molecular complexity index is 408. The lowest BCUT2D eigenvalue weighted by molar-refractivity contribution is 0.433. The topological polar surface area (TPSA) is 26.0 Å². The molecule has 0 spiro atoms. The van der Waals surface area contributed by atoms with E-state index in [0.29, 0.717) is 17.4 Å². The van der Waals surface area contributed by atoms with Crippen LogP contribution in [0.15, 0.2) is 24.3 Å². The molecule has 0 aliphatic heterocycles. The summed E-state index contributed by atoms with van der Waals surface area (Å²) < 4.78 is 0. The standard InChI is InChI=1S/C15H21N/c1-15(2)13(14(15)16)12-9-5-7-10-6-3-4-8-11(10)12/h3-4,6,8,12-14H,5,7,9,16H2,1-2H3/t12?,13-,14-/m0/s1. The molecule has 0 aromatic heterocycles. The molecule has 0 heterocycles. The van der Waals surface area contributed by atoms with E-state index in [9.17, 15) is 0 Å². The molecular weight excluding hydrogens is 194 g/mol. The molecule has 1 saturated carbocycles. The summed E-state index contributed by atoms with van der Waals surface area (Å²) in [6, 6.07) is 9.36. The minimum Gasteiger partial charge on any atom is -0.327 e. The first-order chi connectivity index (χ1) is 7.62. The van der Waals surface area contributed by atoms with Crippen molar-refractivity contribution in [2.75, 3.05) is 0 Å². The molecule has 1 heteroatoms. The van der Waals surface area contributed by atoms with E-state index >= 15 is 0 Å². The number of hydrogen-bond donors (Lipinski definition) is 1. The van der Waals surface area contributed by atoms with Gasteiger partial charge in [-0.3, -0.25) is 0 Å². The Balaban J connectivity index is 1.95. The summed E-state index contributed by atoms with van der Waals surface area (Å²) in [5.41, 5.74) is 9.74. The molecule has 3 atom stereocenters. The highest BCUT2D eigenvalue weighted by molar-refractivity contribution is 5.36. The van der Waals surface area contributed by atoms with E-state index in [1.54, 1.807) is 11.1 Å². The van der Waals surface area contributed by atoms with Crippen molar-refractivity contribution in [3.8, 4) is 0 Å². The van der Waals surface area contributed by atoms with E-state index < -0.39 is 0 Å². The predicted octanol–water partition coefficient (Wildman–Crippen LogP) is 3.09. The highest BCUT2D eigenvalue weighted by Crippen LogP contribution is 2.59. The molecule has 1 unspecified atom stereocenters. The fraction of sp³-hybridized carbons (Fsp3) is 0.600. The lowest BCUT2D eigenvalue weighted by Gasteiger charge is -2.26. The molecule has 2 aliphatic rings. The maximum Gasteiger partial charge on any atom is 0.0134 e. The average molecular weight is 215 g/mol. The zero-order valence-electron chi connectivity index (χ0n) is 10.2. The molecule has 0 bridgehead atoms. The van der Waals surface area contributed by atoms with Crippen LogP contribution in [-0.4, -0.2) is 6.04 Å². The Hall–Kier alpha value is -0.820. The van der Waals surface area contributed by atoms with Gasteiger partial charge in [-0.2, -0.15) is 0 Å². The molecule has 0 radical (unpaired) electrons. The maximum atomic E-state index is 6.23. The summed E-state index contributed by atoms with van der Waals surface area (Å²) in [5.74, 6) is 1.42. The number of nitrogens with two attached hydrogens (primary N) is 1. The number of hydrogen-bond acceptors (Lipinski definition) is 1. The van der Waals surface area contributed by atoms with E-state index in [0.717, 1.165) is 5.92 Å². The van der Waals surface area contributed by atoms with Crippen molar-refractivity contribution in [1.82, 2.24) is 0 Å². The zero-order valence-corrected chi connectivity index (χ0v) is 10.2. The Labute approximate surface area is 98.0 Å². The van der Waals surface area contributed by atoms with Gasteiger partial charge < -0.3 is 5.73 Å². The van der Waals surface area contributed by atoms with Gasteiger partial charge >= 0.3 is 0 Å². The van der Waals surface area contributed by atoms with Gasteiger partial charge in [-0.1, -0.05) is 38.1 Å². The fourth-order valence-corrected chi connectivity index (χ4v) is 3.65. The van der Waals surface area contributed by atoms with Crippen molar-refractivity contribution in [3.05, 3.63) is 35.4 Å². The van der Waals surface area contributed by atoms with Crippen molar-refractivity contribution in [3.63, 3.8) is 0 Å². The lowest BCUT2D eigenvalue weighted by atomic mass is 9.78. The quantitative estimate of drug-likeness (QED) is 0.765. The van der Waals surface area contributed by atoms with E-state index in [2.05, 4.69) is 38.1 Å². The Morgan fingerprint density at radius 3 is 2.62 bits per heavy atom. The van der Waals surface area contributed by atoms with Gasteiger partial charge in [0.15, 0.2) is 0 Å². The molecule has 0 amide bonds. The van der Waals surface area contributed by atoms with Gasteiger partial charge in [-0.15, -0.1) is 0 Å². The van der Waals surface area contributed by atoms with Crippen LogP contribution in [0.25, 0.3) is 0 Å². The van der Waals surface area contributed by atoms with Gasteiger partial charge in [-0.25, -0.2) is 0 Å². The summed E-state index contributed by atoms with van der Waals surface area (Å²) in [4.78, 5) is 0.